The van der Waals surface area contributed by atoms with Gasteiger partial charge in [-0.2, -0.15) is 0 Å². The molecular formula is C12H19N3O. The van der Waals surface area contributed by atoms with Crippen LogP contribution in [0.2, 0.25) is 0 Å². The molecule has 1 aromatic rings. The molecule has 16 heavy (non-hydrogen) atoms. The highest BCUT2D eigenvalue weighted by Crippen LogP contribution is 2.32. The van der Waals surface area contributed by atoms with E-state index in [1.807, 2.05) is 17.7 Å². The predicted molar refractivity (Wildman–Crippen MR) is 61.9 cm³/mol. The molecule has 1 fully saturated rings. The van der Waals surface area contributed by atoms with Crippen LogP contribution in [0.5, 0.6) is 0 Å². The summed E-state index contributed by atoms with van der Waals surface area (Å²) >= 11 is 0. The fraction of sp³-hybridized carbons (Fsp3) is 0.667. The molecule has 0 spiro atoms. The van der Waals surface area contributed by atoms with E-state index in [0.717, 1.165) is 12.4 Å². The SMILES string of the molecule is CCn1ccnc1CC(=O)CC(N)C1CC1. The zero-order chi connectivity index (χ0) is 11.5. The summed E-state index contributed by atoms with van der Waals surface area (Å²) in [5.74, 6) is 1.66. The number of ketones is 1. The number of nitrogens with two attached hydrogens (primary N) is 1. The fourth-order valence-electron chi connectivity index (χ4n) is 2.00. The Balaban J connectivity index is 1.86. The number of aryl methyl sites for hydroxylation is 1. The molecule has 2 rings (SSSR count). The number of Topliss-reactive ketones (excluding diaryl/α,β-unsaturated/α-hetero) is 1. The minimum Gasteiger partial charge on any atom is -0.335 e. The number of aromatic nitrogens is 2. The first-order valence-electron chi connectivity index (χ1n) is 5.98. The zero-order valence-corrected chi connectivity index (χ0v) is 9.72. The third-order valence-electron chi connectivity index (χ3n) is 3.19. The summed E-state index contributed by atoms with van der Waals surface area (Å²) in [6.07, 6.45) is 6.95. The van der Waals surface area contributed by atoms with Crippen LogP contribution in [0.1, 0.15) is 32.0 Å². The Labute approximate surface area is 95.9 Å². The van der Waals surface area contributed by atoms with Gasteiger partial charge in [0.1, 0.15) is 11.6 Å². The Morgan fingerprint density at radius 2 is 2.44 bits per heavy atom. The van der Waals surface area contributed by atoms with Gasteiger partial charge in [-0.25, -0.2) is 4.98 Å². The standard InChI is InChI=1S/C12H19N3O/c1-2-15-6-5-14-12(15)8-10(16)7-11(13)9-3-4-9/h5-6,9,11H,2-4,7-8,13H2,1H3. The first-order chi connectivity index (χ1) is 7.70. The van der Waals surface area contributed by atoms with E-state index in [0.29, 0.717) is 18.8 Å². The van der Waals surface area contributed by atoms with Gasteiger partial charge >= 0.3 is 0 Å². The fourth-order valence-corrected chi connectivity index (χ4v) is 2.00. The zero-order valence-electron chi connectivity index (χ0n) is 9.72. The average Bonchev–Trinajstić information content (AvgIpc) is 3.00. The largest absolute Gasteiger partial charge is 0.335 e. The van der Waals surface area contributed by atoms with Gasteiger partial charge in [-0.3, -0.25) is 4.79 Å². The molecule has 0 amide bonds. The third-order valence-corrected chi connectivity index (χ3v) is 3.19. The van der Waals surface area contributed by atoms with Crippen LogP contribution in [0.3, 0.4) is 0 Å². The van der Waals surface area contributed by atoms with Crippen molar-refractivity contribution in [2.75, 3.05) is 0 Å². The van der Waals surface area contributed by atoms with Crippen LogP contribution in [0.4, 0.5) is 0 Å². The lowest BCUT2D eigenvalue weighted by atomic mass is 10.0. The van der Waals surface area contributed by atoms with Crippen LogP contribution in [-0.2, 0) is 17.8 Å². The van der Waals surface area contributed by atoms with Gasteiger partial charge in [-0.15, -0.1) is 0 Å². The third kappa shape index (κ3) is 2.70. The Kier molecular flexibility index (Phi) is 3.39. The molecule has 1 unspecified atom stereocenters. The molecule has 0 aromatic carbocycles. The molecule has 4 heteroatoms. The van der Waals surface area contributed by atoms with E-state index in [4.69, 9.17) is 5.73 Å². The minimum atomic E-state index is 0.0672. The molecule has 1 heterocycles. The van der Waals surface area contributed by atoms with Gasteiger partial charge in [0.2, 0.25) is 0 Å². The minimum absolute atomic E-state index is 0.0672. The lowest BCUT2D eigenvalue weighted by Crippen LogP contribution is -2.27. The smallest absolute Gasteiger partial charge is 0.141 e. The molecule has 0 aliphatic heterocycles. The Morgan fingerprint density at radius 3 is 3.06 bits per heavy atom. The van der Waals surface area contributed by atoms with Gasteiger partial charge in [-0.1, -0.05) is 0 Å². The van der Waals surface area contributed by atoms with Crippen LogP contribution in [0, 0.1) is 5.92 Å². The summed E-state index contributed by atoms with van der Waals surface area (Å²) in [6.45, 7) is 2.91. The first-order valence-corrected chi connectivity index (χ1v) is 5.98. The molecule has 1 aliphatic carbocycles. The Morgan fingerprint density at radius 1 is 1.69 bits per heavy atom. The van der Waals surface area contributed by atoms with E-state index in [2.05, 4.69) is 4.98 Å². The first kappa shape index (κ1) is 11.3. The van der Waals surface area contributed by atoms with Crippen molar-refractivity contribution in [1.82, 2.24) is 9.55 Å². The van der Waals surface area contributed by atoms with Crippen molar-refractivity contribution in [2.24, 2.45) is 11.7 Å². The second-order valence-electron chi connectivity index (χ2n) is 4.55. The quantitative estimate of drug-likeness (QED) is 0.783. The lowest BCUT2D eigenvalue weighted by Gasteiger charge is -2.09. The molecule has 1 atom stereocenters. The summed E-state index contributed by atoms with van der Waals surface area (Å²) in [4.78, 5) is 16.0. The van der Waals surface area contributed by atoms with Gasteiger partial charge in [0.25, 0.3) is 0 Å². The van der Waals surface area contributed by atoms with Crippen LogP contribution in [-0.4, -0.2) is 21.4 Å². The summed E-state index contributed by atoms with van der Waals surface area (Å²) in [5.41, 5.74) is 5.93. The van der Waals surface area contributed by atoms with Crippen LogP contribution < -0.4 is 5.73 Å². The maximum absolute atomic E-state index is 11.8. The Hall–Kier alpha value is -1.16. The molecular weight excluding hydrogens is 202 g/mol. The molecule has 1 saturated carbocycles. The number of carbonyl (C=O) groups is 1. The number of imidazole rings is 1. The van der Waals surface area contributed by atoms with Crippen LogP contribution in [0.15, 0.2) is 12.4 Å². The van der Waals surface area contributed by atoms with Gasteiger partial charge in [0.15, 0.2) is 0 Å². The van der Waals surface area contributed by atoms with E-state index < -0.39 is 0 Å². The van der Waals surface area contributed by atoms with Gasteiger partial charge < -0.3 is 10.3 Å². The highest BCUT2D eigenvalue weighted by Gasteiger charge is 2.29. The van der Waals surface area contributed by atoms with Gasteiger partial charge in [0.05, 0.1) is 6.42 Å². The summed E-state index contributed by atoms with van der Waals surface area (Å²) in [5, 5.41) is 0. The van der Waals surface area contributed by atoms with Crippen LogP contribution in [0.25, 0.3) is 0 Å². The maximum atomic E-state index is 11.8. The number of hydrogen-bond acceptors (Lipinski definition) is 3. The van der Waals surface area contributed by atoms with Gasteiger partial charge in [-0.05, 0) is 25.7 Å². The van der Waals surface area contributed by atoms with E-state index in [9.17, 15) is 4.79 Å². The monoisotopic (exact) mass is 221 g/mol. The van der Waals surface area contributed by atoms with E-state index >= 15 is 0 Å². The number of rotatable bonds is 6. The Bertz CT molecular complexity index is 368. The molecule has 0 saturated heterocycles. The van der Waals surface area contributed by atoms with Crippen molar-refractivity contribution in [3.8, 4) is 0 Å². The molecule has 2 N–H and O–H groups in total. The van der Waals surface area contributed by atoms with E-state index in [1.165, 1.54) is 12.8 Å². The number of carbonyl (C=O) groups excluding carboxylic acids is 1. The maximum Gasteiger partial charge on any atom is 0.141 e. The van der Waals surface area contributed by atoms with Crippen molar-refractivity contribution in [3.63, 3.8) is 0 Å². The highest BCUT2D eigenvalue weighted by molar-refractivity contribution is 5.80. The highest BCUT2D eigenvalue weighted by atomic mass is 16.1. The molecule has 88 valence electrons. The van der Waals surface area contributed by atoms with Crippen molar-refractivity contribution in [2.45, 2.75) is 45.2 Å². The lowest BCUT2D eigenvalue weighted by molar-refractivity contribution is -0.119. The average molecular weight is 221 g/mol. The number of nitrogens with zero attached hydrogens (tertiary/aromatic N) is 2. The molecule has 4 nitrogen and oxygen atoms in total. The van der Waals surface area contributed by atoms with Gasteiger partial charge in [0, 0.05) is 31.4 Å². The normalized spacial score (nSPS) is 17.4. The van der Waals surface area contributed by atoms with Crippen LogP contribution >= 0.6 is 0 Å². The molecule has 1 aliphatic rings. The van der Waals surface area contributed by atoms with Crippen molar-refractivity contribution in [1.29, 1.82) is 0 Å². The van der Waals surface area contributed by atoms with Crippen molar-refractivity contribution in [3.05, 3.63) is 18.2 Å². The second kappa shape index (κ2) is 4.78. The van der Waals surface area contributed by atoms with E-state index in [1.54, 1.807) is 6.20 Å². The van der Waals surface area contributed by atoms with Crippen molar-refractivity contribution < 1.29 is 4.79 Å². The van der Waals surface area contributed by atoms with E-state index in [-0.39, 0.29) is 11.8 Å². The predicted octanol–water partition coefficient (Wildman–Crippen LogP) is 1.14. The summed E-state index contributed by atoms with van der Waals surface area (Å²) in [6, 6.07) is 0.0672. The second-order valence-corrected chi connectivity index (χ2v) is 4.55. The van der Waals surface area contributed by atoms with Crippen molar-refractivity contribution >= 4 is 5.78 Å². The molecule has 0 bridgehead atoms. The summed E-state index contributed by atoms with van der Waals surface area (Å²) < 4.78 is 2.00. The number of hydrogen-bond donors (Lipinski definition) is 1. The summed E-state index contributed by atoms with van der Waals surface area (Å²) in [7, 11) is 0. The molecule has 0 radical (unpaired) electrons. The topological polar surface area (TPSA) is 60.9 Å². The molecule has 1 aromatic heterocycles.